The summed E-state index contributed by atoms with van der Waals surface area (Å²) in [7, 11) is 0. The molecule has 0 aliphatic heterocycles. The summed E-state index contributed by atoms with van der Waals surface area (Å²) in [5.41, 5.74) is -3.06. The molecule has 0 bridgehead atoms. The summed E-state index contributed by atoms with van der Waals surface area (Å²) in [6.07, 6.45) is -9.47. The van der Waals surface area contributed by atoms with Crippen molar-refractivity contribution >= 4 is 0 Å². The van der Waals surface area contributed by atoms with Crippen LogP contribution in [0.15, 0.2) is 42.5 Å². The Morgan fingerprint density at radius 2 is 1.38 bits per heavy atom. The molecule has 2 rings (SSSR count). The van der Waals surface area contributed by atoms with E-state index in [-0.39, 0.29) is 5.56 Å². The molecule has 21 heavy (non-hydrogen) atoms. The van der Waals surface area contributed by atoms with E-state index < -0.39 is 34.8 Å². The van der Waals surface area contributed by atoms with E-state index in [1.54, 1.807) is 0 Å². The molecule has 0 atom stereocenters. The van der Waals surface area contributed by atoms with Crippen LogP contribution in [0.1, 0.15) is 11.1 Å². The van der Waals surface area contributed by atoms with Crippen molar-refractivity contribution in [3.63, 3.8) is 0 Å². The van der Waals surface area contributed by atoms with Gasteiger partial charge in [0.15, 0.2) is 0 Å². The first-order valence-corrected chi connectivity index (χ1v) is 5.67. The lowest BCUT2D eigenvalue weighted by Crippen LogP contribution is -2.08. The number of halogens is 6. The number of hydrogen-bond acceptors (Lipinski definition) is 1. The van der Waals surface area contributed by atoms with Gasteiger partial charge in [0.1, 0.15) is 5.75 Å². The smallest absolute Gasteiger partial charge is 0.417 e. The van der Waals surface area contributed by atoms with Crippen molar-refractivity contribution in [2.24, 2.45) is 0 Å². The largest absolute Gasteiger partial charge is 0.508 e. The third-order valence-electron chi connectivity index (χ3n) is 2.79. The minimum atomic E-state index is -4.76. The third-order valence-corrected chi connectivity index (χ3v) is 2.79. The molecule has 0 fully saturated rings. The summed E-state index contributed by atoms with van der Waals surface area (Å²) < 4.78 is 76.6. The number of phenolic OH excluding ortho intramolecular Hbond substituents is 1. The molecule has 0 heterocycles. The van der Waals surface area contributed by atoms with E-state index >= 15 is 0 Å². The van der Waals surface area contributed by atoms with Gasteiger partial charge in [0.2, 0.25) is 0 Å². The zero-order valence-corrected chi connectivity index (χ0v) is 10.3. The van der Waals surface area contributed by atoms with E-state index in [4.69, 9.17) is 0 Å². The third kappa shape index (κ3) is 3.29. The molecule has 1 nitrogen and oxygen atoms in total. The van der Waals surface area contributed by atoms with E-state index in [0.29, 0.717) is 12.1 Å². The van der Waals surface area contributed by atoms with Gasteiger partial charge < -0.3 is 5.11 Å². The predicted octanol–water partition coefficient (Wildman–Crippen LogP) is 5.10. The Kier molecular flexibility index (Phi) is 3.61. The van der Waals surface area contributed by atoms with Crippen molar-refractivity contribution in [1.29, 1.82) is 0 Å². The summed E-state index contributed by atoms with van der Waals surface area (Å²) in [4.78, 5) is 0. The number of phenols is 1. The predicted molar refractivity (Wildman–Crippen MR) is 63.5 cm³/mol. The van der Waals surface area contributed by atoms with Crippen molar-refractivity contribution in [3.8, 4) is 16.9 Å². The molecule has 0 aliphatic carbocycles. The quantitative estimate of drug-likeness (QED) is 0.727. The highest BCUT2D eigenvalue weighted by molar-refractivity contribution is 5.70. The fourth-order valence-electron chi connectivity index (χ4n) is 1.91. The van der Waals surface area contributed by atoms with Crippen LogP contribution in [0, 0.1) is 0 Å². The van der Waals surface area contributed by atoms with Crippen LogP contribution in [-0.2, 0) is 12.4 Å². The minimum absolute atomic E-state index is 0.352. The average molecular weight is 306 g/mol. The van der Waals surface area contributed by atoms with Gasteiger partial charge in [0.05, 0.1) is 11.1 Å². The lowest BCUT2D eigenvalue weighted by molar-refractivity contribution is -0.137. The average Bonchev–Trinajstić information content (AvgIpc) is 2.36. The highest BCUT2D eigenvalue weighted by Crippen LogP contribution is 2.40. The van der Waals surface area contributed by atoms with Gasteiger partial charge in [-0.3, -0.25) is 0 Å². The van der Waals surface area contributed by atoms with Gasteiger partial charge in [-0.1, -0.05) is 18.2 Å². The molecule has 0 aromatic heterocycles. The molecule has 0 radical (unpaired) electrons. The van der Waals surface area contributed by atoms with Crippen molar-refractivity contribution < 1.29 is 31.4 Å². The topological polar surface area (TPSA) is 20.2 Å². The summed E-state index contributed by atoms with van der Waals surface area (Å²) in [5, 5.41) is 9.33. The van der Waals surface area contributed by atoms with E-state index in [1.807, 2.05) is 0 Å². The van der Waals surface area contributed by atoms with Crippen molar-refractivity contribution in [2.75, 3.05) is 0 Å². The van der Waals surface area contributed by atoms with Crippen LogP contribution in [0.25, 0.3) is 11.1 Å². The van der Waals surface area contributed by atoms with E-state index in [1.165, 1.54) is 6.07 Å². The van der Waals surface area contributed by atoms with Crippen LogP contribution in [-0.4, -0.2) is 5.11 Å². The standard InChI is InChI=1S/C14H8F6O/c15-13(16,17)9-5-8(6-10(21)7-9)11-3-1-2-4-12(11)14(18,19)20/h1-7,21H. The molecule has 0 amide bonds. The zero-order valence-electron chi connectivity index (χ0n) is 10.3. The maximum absolute atomic E-state index is 12.9. The van der Waals surface area contributed by atoms with Crippen LogP contribution in [0.5, 0.6) is 5.75 Å². The van der Waals surface area contributed by atoms with Crippen molar-refractivity contribution in [1.82, 2.24) is 0 Å². The number of alkyl halides is 6. The molecule has 0 spiro atoms. The first-order valence-electron chi connectivity index (χ1n) is 5.67. The Bertz CT molecular complexity index is 657. The van der Waals surface area contributed by atoms with Gasteiger partial charge in [0, 0.05) is 0 Å². The SMILES string of the molecule is Oc1cc(-c2ccccc2C(F)(F)F)cc(C(F)(F)F)c1. The molecule has 0 saturated heterocycles. The molecule has 7 heteroatoms. The Morgan fingerprint density at radius 1 is 0.762 bits per heavy atom. The van der Waals surface area contributed by atoms with E-state index in [2.05, 4.69) is 0 Å². The van der Waals surface area contributed by atoms with Crippen LogP contribution in [0.3, 0.4) is 0 Å². The number of benzene rings is 2. The molecular weight excluding hydrogens is 298 g/mol. The fourth-order valence-corrected chi connectivity index (χ4v) is 1.91. The summed E-state index contributed by atoms with van der Waals surface area (Å²) >= 11 is 0. The van der Waals surface area contributed by atoms with Gasteiger partial charge in [-0.15, -0.1) is 0 Å². The van der Waals surface area contributed by atoms with E-state index in [9.17, 15) is 31.4 Å². The fraction of sp³-hybridized carbons (Fsp3) is 0.143. The van der Waals surface area contributed by atoms with Gasteiger partial charge in [0.25, 0.3) is 0 Å². The first kappa shape index (κ1) is 15.2. The molecule has 1 N–H and O–H groups in total. The number of rotatable bonds is 1. The second-order valence-corrected chi connectivity index (χ2v) is 4.31. The van der Waals surface area contributed by atoms with Gasteiger partial charge in [-0.2, -0.15) is 26.3 Å². The highest BCUT2D eigenvalue weighted by Gasteiger charge is 2.35. The zero-order chi connectivity index (χ0) is 15.8. The molecule has 2 aromatic carbocycles. The Labute approximate surface area is 115 Å². The molecule has 0 saturated carbocycles. The lowest BCUT2D eigenvalue weighted by Gasteiger charge is -2.15. The monoisotopic (exact) mass is 306 g/mol. The summed E-state index contributed by atoms with van der Waals surface area (Å²) in [6, 6.07) is 6.13. The second-order valence-electron chi connectivity index (χ2n) is 4.31. The number of hydrogen-bond donors (Lipinski definition) is 1. The van der Waals surface area contributed by atoms with E-state index in [0.717, 1.165) is 24.3 Å². The van der Waals surface area contributed by atoms with Gasteiger partial charge >= 0.3 is 12.4 Å². The molecule has 0 aliphatic rings. The Morgan fingerprint density at radius 3 is 1.95 bits per heavy atom. The van der Waals surface area contributed by atoms with Gasteiger partial charge in [-0.05, 0) is 35.4 Å². The van der Waals surface area contributed by atoms with Crippen LogP contribution >= 0.6 is 0 Å². The maximum atomic E-state index is 12.9. The van der Waals surface area contributed by atoms with Gasteiger partial charge in [-0.25, -0.2) is 0 Å². The normalized spacial score (nSPS) is 12.5. The van der Waals surface area contributed by atoms with Crippen LogP contribution in [0.4, 0.5) is 26.3 Å². The molecular formula is C14H8F6O. The summed E-state index contributed by atoms with van der Waals surface area (Å²) in [6.45, 7) is 0. The van der Waals surface area contributed by atoms with Crippen LogP contribution < -0.4 is 0 Å². The molecule has 0 unspecified atom stereocenters. The van der Waals surface area contributed by atoms with Crippen molar-refractivity contribution in [2.45, 2.75) is 12.4 Å². The summed E-state index contributed by atoms with van der Waals surface area (Å²) in [5.74, 6) is -0.753. The second kappa shape index (κ2) is 4.98. The number of aromatic hydroxyl groups is 1. The Hall–Kier alpha value is -2.18. The molecule has 2 aromatic rings. The minimum Gasteiger partial charge on any atom is -0.508 e. The highest BCUT2D eigenvalue weighted by atomic mass is 19.4. The first-order chi connectivity index (χ1) is 9.59. The lowest BCUT2D eigenvalue weighted by atomic mass is 9.97. The van der Waals surface area contributed by atoms with Crippen LogP contribution in [0.2, 0.25) is 0 Å². The Balaban J connectivity index is 2.66. The molecule has 112 valence electrons. The van der Waals surface area contributed by atoms with Crippen molar-refractivity contribution in [3.05, 3.63) is 53.6 Å². The maximum Gasteiger partial charge on any atom is 0.417 e.